The van der Waals surface area contributed by atoms with Crippen molar-refractivity contribution in [3.63, 3.8) is 0 Å². The van der Waals surface area contributed by atoms with Gasteiger partial charge < -0.3 is 14.8 Å². The van der Waals surface area contributed by atoms with Crippen molar-refractivity contribution >= 4 is 11.8 Å². The summed E-state index contributed by atoms with van der Waals surface area (Å²) in [4.78, 5) is 19.4. The van der Waals surface area contributed by atoms with Crippen molar-refractivity contribution in [2.75, 3.05) is 19.0 Å². The maximum atomic E-state index is 11.2. The van der Waals surface area contributed by atoms with Gasteiger partial charge in [-0.25, -0.2) is 14.8 Å². The van der Waals surface area contributed by atoms with E-state index in [0.29, 0.717) is 5.82 Å². The fraction of sp³-hybridized carbons (Fsp3) is 0.583. The second-order valence-corrected chi connectivity index (χ2v) is 4.58. The number of methoxy groups -OCH3 is 1. The fourth-order valence-corrected chi connectivity index (χ4v) is 1.89. The van der Waals surface area contributed by atoms with Crippen molar-refractivity contribution in [3.05, 3.63) is 18.1 Å². The largest absolute Gasteiger partial charge is 0.464 e. The molecular weight excluding hydrogens is 234 g/mol. The first-order chi connectivity index (χ1) is 8.55. The van der Waals surface area contributed by atoms with Crippen LogP contribution in [0.2, 0.25) is 0 Å². The minimum Gasteiger partial charge on any atom is -0.464 e. The number of carbonyl (C=O) groups excluding carboxylic acids is 1. The first-order valence-corrected chi connectivity index (χ1v) is 5.85. The quantitative estimate of drug-likeness (QED) is 0.815. The van der Waals surface area contributed by atoms with Gasteiger partial charge >= 0.3 is 5.97 Å². The molecule has 1 saturated heterocycles. The number of nitrogens with zero attached hydrogens (tertiary/aromatic N) is 2. The number of aromatic nitrogens is 2. The third kappa shape index (κ3) is 2.43. The standard InChI is InChI=1S/C12H17N3O3/c1-8-12(2,4-5-18-8)15-10-7-13-9(6-14-10)11(16)17-3/h6-8H,4-5H2,1-3H3,(H,14,15). The molecule has 0 radical (unpaired) electrons. The smallest absolute Gasteiger partial charge is 0.358 e. The van der Waals surface area contributed by atoms with Gasteiger partial charge in [0, 0.05) is 6.61 Å². The summed E-state index contributed by atoms with van der Waals surface area (Å²) in [5.74, 6) is 0.139. The summed E-state index contributed by atoms with van der Waals surface area (Å²) in [6.45, 7) is 4.84. The molecule has 6 heteroatoms. The number of nitrogens with one attached hydrogen (secondary N) is 1. The lowest BCUT2D eigenvalue weighted by molar-refractivity contribution is 0.0593. The van der Waals surface area contributed by atoms with Crippen LogP contribution in [0.15, 0.2) is 12.4 Å². The fourth-order valence-electron chi connectivity index (χ4n) is 1.89. The molecule has 0 spiro atoms. The van der Waals surface area contributed by atoms with Crippen molar-refractivity contribution < 1.29 is 14.3 Å². The van der Waals surface area contributed by atoms with E-state index in [4.69, 9.17) is 4.74 Å². The average molecular weight is 251 g/mol. The Morgan fingerprint density at radius 3 is 2.83 bits per heavy atom. The highest BCUT2D eigenvalue weighted by molar-refractivity contribution is 5.86. The number of ether oxygens (including phenoxy) is 2. The van der Waals surface area contributed by atoms with Crippen molar-refractivity contribution in [2.45, 2.75) is 31.9 Å². The van der Waals surface area contributed by atoms with Gasteiger partial charge in [0.15, 0.2) is 5.69 Å². The third-order valence-corrected chi connectivity index (χ3v) is 3.35. The van der Waals surface area contributed by atoms with Gasteiger partial charge in [0.2, 0.25) is 0 Å². The molecule has 1 aromatic heterocycles. The van der Waals surface area contributed by atoms with Crippen molar-refractivity contribution in [1.29, 1.82) is 0 Å². The number of anilines is 1. The molecule has 1 aliphatic heterocycles. The number of carbonyl (C=O) groups is 1. The highest BCUT2D eigenvalue weighted by Crippen LogP contribution is 2.28. The third-order valence-electron chi connectivity index (χ3n) is 3.35. The maximum absolute atomic E-state index is 11.2. The van der Waals surface area contributed by atoms with E-state index in [-0.39, 0.29) is 17.3 Å². The zero-order valence-corrected chi connectivity index (χ0v) is 10.8. The number of hydrogen-bond acceptors (Lipinski definition) is 6. The lowest BCUT2D eigenvalue weighted by Gasteiger charge is -2.29. The molecule has 1 aliphatic rings. The van der Waals surface area contributed by atoms with Crippen molar-refractivity contribution in [2.24, 2.45) is 0 Å². The van der Waals surface area contributed by atoms with Crippen LogP contribution in [0.1, 0.15) is 30.8 Å². The Hall–Kier alpha value is -1.69. The Bertz CT molecular complexity index is 435. The Morgan fingerprint density at radius 2 is 2.33 bits per heavy atom. The average Bonchev–Trinajstić information content (AvgIpc) is 2.69. The molecule has 18 heavy (non-hydrogen) atoms. The molecule has 1 aromatic rings. The topological polar surface area (TPSA) is 73.3 Å². The summed E-state index contributed by atoms with van der Waals surface area (Å²) >= 11 is 0. The van der Waals surface area contributed by atoms with Gasteiger partial charge in [-0.05, 0) is 20.3 Å². The van der Waals surface area contributed by atoms with Crippen LogP contribution in [0.5, 0.6) is 0 Å². The van der Waals surface area contributed by atoms with Crippen LogP contribution in [0.25, 0.3) is 0 Å². The molecule has 0 aliphatic carbocycles. The van der Waals surface area contributed by atoms with Crippen LogP contribution < -0.4 is 5.32 Å². The second kappa shape index (κ2) is 4.89. The van der Waals surface area contributed by atoms with E-state index >= 15 is 0 Å². The summed E-state index contributed by atoms with van der Waals surface area (Å²) in [5, 5.41) is 3.30. The van der Waals surface area contributed by atoms with Crippen LogP contribution in [-0.2, 0) is 9.47 Å². The summed E-state index contributed by atoms with van der Waals surface area (Å²) in [6.07, 6.45) is 3.95. The zero-order valence-electron chi connectivity index (χ0n) is 10.8. The molecule has 2 atom stereocenters. The minimum absolute atomic E-state index is 0.111. The van der Waals surface area contributed by atoms with Crippen molar-refractivity contribution in [1.82, 2.24) is 9.97 Å². The van der Waals surface area contributed by atoms with Gasteiger partial charge in [0.1, 0.15) is 5.82 Å². The monoisotopic (exact) mass is 251 g/mol. The number of hydrogen-bond donors (Lipinski definition) is 1. The summed E-state index contributed by atoms with van der Waals surface area (Å²) in [6, 6.07) is 0. The first-order valence-electron chi connectivity index (χ1n) is 5.85. The Balaban J connectivity index is 2.09. The summed E-state index contributed by atoms with van der Waals surface area (Å²) in [5.41, 5.74) is 0.0467. The van der Waals surface area contributed by atoms with Gasteiger partial charge in [0.25, 0.3) is 0 Å². The predicted molar refractivity (Wildman–Crippen MR) is 65.4 cm³/mol. The Morgan fingerprint density at radius 1 is 1.56 bits per heavy atom. The van der Waals surface area contributed by atoms with Crippen LogP contribution in [0.3, 0.4) is 0 Å². The minimum atomic E-state index is -0.488. The van der Waals surface area contributed by atoms with Crippen LogP contribution >= 0.6 is 0 Å². The van der Waals surface area contributed by atoms with Gasteiger partial charge in [-0.1, -0.05) is 0 Å². The molecule has 1 N–H and O–H groups in total. The van der Waals surface area contributed by atoms with E-state index in [2.05, 4.69) is 26.9 Å². The predicted octanol–water partition coefficient (Wildman–Crippen LogP) is 1.24. The first kappa shape index (κ1) is 12.8. The molecule has 2 unspecified atom stereocenters. The number of esters is 1. The lowest BCUT2D eigenvalue weighted by atomic mass is 9.95. The highest BCUT2D eigenvalue weighted by Gasteiger charge is 2.37. The van der Waals surface area contributed by atoms with Gasteiger partial charge in [-0.15, -0.1) is 0 Å². The van der Waals surface area contributed by atoms with Crippen molar-refractivity contribution in [3.8, 4) is 0 Å². The molecule has 2 rings (SSSR count). The zero-order chi connectivity index (χ0) is 13.2. The lowest BCUT2D eigenvalue weighted by Crippen LogP contribution is -2.41. The van der Waals surface area contributed by atoms with Crippen LogP contribution in [0, 0.1) is 0 Å². The Labute approximate surface area is 106 Å². The maximum Gasteiger partial charge on any atom is 0.358 e. The highest BCUT2D eigenvalue weighted by atomic mass is 16.5. The molecule has 6 nitrogen and oxygen atoms in total. The van der Waals surface area contributed by atoms with Gasteiger partial charge in [-0.2, -0.15) is 0 Å². The van der Waals surface area contributed by atoms with E-state index in [0.717, 1.165) is 13.0 Å². The molecule has 0 amide bonds. The van der Waals surface area contributed by atoms with Gasteiger partial charge in [-0.3, -0.25) is 0 Å². The molecule has 0 saturated carbocycles. The van der Waals surface area contributed by atoms with E-state index in [1.165, 1.54) is 19.5 Å². The van der Waals surface area contributed by atoms with E-state index < -0.39 is 5.97 Å². The molecule has 0 aromatic carbocycles. The van der Waals surface area contributed by atoms with Gasteiger partial charge in [0.05, 0.1) is 31.1 Å². The molecule has 2 heterocycles. The second-order valence-electron chi connectivity index (χ2n) is 4.58. The van der Waals surface area contributed by atoms with E-state index in [1.807, 2.05) is 6.92 Å². The molecular formula is C12H17N3O3. The molecule has 0 bridgehead atoms. The van der Waals surface area contributed by atoms with E-state index in [1.54, 1.807) is 0 Å². The summed E-state index contributed by atoms with van der Waals surface area (Å²) < 4.78 is 10.1. The normalized spacial score (nSPS) is 26.9. The Kier molecular flexibility index (Phi) is 3.47. The van der Waals surface area contributed by atoms with Crippen LogP contribution in [0.4, 0.5) is 5.82 Å². The van der Waals surface area contributed by atoms with Crippen LogP contribution in [-0.4, -0.2) is 41.3 Å². The SMILES string of the molecule is COC(=O)c1cnc(NC2(C)CCOC2C)cn1. The molecule has 1 fully saturated rings. The van der Waals surface area contributed by atoms with E-state index in [9.17, 15) is 4.79 Å². The summed E-state index contributed by atoms with van der Waals surface area (Å²) in [7, 11) is 1.31. The number of rotatable bonds is 3. The molecule has 98 valence electrons.